The van der Waals surface area contributed by atoms with Crippen LogP contribution in [0.1, 0.15) is 38.2 Å². The summed E-state index contributed by atoms with van der Waals surface area (Å²) in [4.78, 5) is 12.0. The minimum Gasteiger partial charge on any atom is -0.393 e. The van der Waals surface area contributed by atoms with Gasteiger partial charge in [-0.15, -0.1) is 0 Å². The summed E-state index contributed by atoms with van der Waals surface area (Å²) in [6, 6.07) is 7.62. The average molecular weight is 292 g/mol. The number of ether oxygens (including phenoxy) is 1. The van der Waals surface area contributed by atoms with Crippen molar-refractivity contribution in [1.29, 1.82) is 0 Å². The van der Waals surface area contributed by atoms with Gasteiger partial charge in [-0.05, 0) is 50.3 Å². The topological polar surface area (TPSA) is 70.6 Å². The molecule has 1 saturated carbocycles. The van der Waals surface area contributed by atoms with Crippen LogP contribution in [0.3, 0.4) is 0 Å². The maximum Gasteiger partial charge on any atom is 0.319 e. The summed E-state index contributed by atoms with van der Waals surface area (Å²) in [6.07, 6.45) is 2.97. The van der Waals surface area contributed by atoms with Gasteiger partial charge in [-0.1, -0.05) is 12.1 Å². The largest absolute Gasteiger partial charge is 0.393 e. The maximum atomic E-state index is 12.0. The van der Waals surface area contributed by atoms with Crippen LogP contribution in [0.15, 0.2) is 24.3 Å². The SMILES string of the molecule is CCOCc1cccc(NC(=O)NC2CCC(O)CC2)c1. The van der Waals surface area contributed by atoms with Crippen LogP contribution in [0, 0.1) is 0 Å². The van der Waals surface area contributed by atoms with E-state index in [1.54, 1.807) is 0 Å². The normalized spacial score (nSPS) is 21.8. The highest BCUT2D eigenvalue weighted by Gasteiger charge is 2.20. The minimum absolute atomic E-state index is 0.153. The Morgan fingerprint density at radius 2 is 2.10 bits per heavy atom. The summed E-state index contributed by atoms with van der Waals surface area (Å²) in [5.41, 5.74) is 1.80. The zero-order valence-corrected chi connectivity index (χ0v) is 12.5. The van der Waals surface area contributed by atoms with E-state index in [9.17, 15) is 9.90 Å². The third kappa shape index (κ3) is 5.36. The number of rotatable bonds is 5. The van der Waals surface area contributed by atoms with Gasteiger partial charge in [0.25, 0.3) is 0 Å². The molecule has 0 atom stereocenters. The minimum atomic E-state index is -0.207. The van der Waals surface area contributed by atoms with Crippen molar-refractivity contribution in [3.63, 3.8) is 0 Å². The van der Waals surface area contributed by atoms with Gasteiger partial charge in [0, 0.05) is 18.3 Å². The molecule has 2 amide bonds. The van der Waals surface area contributed by atoms with Gasteiger partial charge >= 0.3 is 6.03 Å². The van der Waals surface area contributed by atoms with Gasteiger partial charge in [-0.3, -0.25) is 0 Å². The molecular weight excluding hydrogens is 268 g/mol. The van der Waals surface area contributed by atoms with Gasteiger partial charge in [-0.25, -0.2) is 4.79 Å². The molecule has 21 heavy (non-hydrogen) atoms. The molecule has 1 aliphatic carbocycles. The van der Waals surface area contributed by atoms with Crippen molar-refractivity contribution in [2.75, 3.05) is 11.9 Å². The first-order valence-corrected chi connectivity index (χ1v) is 7.59. The van der Waals surface area contributed by atoms with E-state index in [-0.39, 0.29) is 18.2 Å². The van der Waals surface area contributed by atoms with E-state index in [2.05, 4.69) is 10.6 Å². The molecule has 0 aliphatic heterocycles. The highest BCUT2D eigenvalue weighted by Crippen LogP contribution is 2.18. The molecule has 0 saturated heterocycles. The fourth-order valence-corrected chi connectivity index (χ4v) is 2.53. The second kappa shape index (κ2) is 8.00. The van der Waals surface area contributed by atoms with Crippen molar-refractivity contribution in [3.8, 4) is 0 Å². The Bertz CT molecular complexity index is 457. The standard InChI is InChI=1S/C16H24N2O3/c1-2-21-11-12-4-3-5-14(10-12)18-16(20)17-13-6-8-15(19)9-7-13/h3-5,10,13,15,19H,2,6-9,11H2,1H3,(H2,17,18,20). The van der Waals surface area contributed by atoms with Crippen LogP contribution in [0.25, 0.3) is 0 Å². The summed E-state index contributed by atoms with van der Waals surface area (Å²) in [5.74, 6) is 0. The van der Waals surface area contributed by atoms with Crippen molar-refractivity contribution >= 4 is 11.7 Å². The van der Waals surface area contributed by atoms with E-state index in [1.807, 2.05) is 31.2 Å². The molecule has 1 aromatic rings. The first-order chi connectivity index (χ1) is 10.2. The predicted molar refractivity (Wildman–Crippen MR) is 82.2 cm³/mol. The summed E-state index contributed by atoms with van der Waals surface area (Å²) in [5, 5.41) is 15.3. The monoisotopic (exact) mass is 292 g/mol. The molecule has 2 rings (SSSR count). The Morgan fingerprint density at radius 3 is 2.81 bits per heavy atom. The molecule has 0 unspecified atom stereocenters. The van der Waals surface area contributed by atoms with Crippen LogP contribution in [0.4, 0.5) is 10.5 Å². The first-order valence-electron chi connectivity index (χ1n) is 7.59. The van der Waals surface area contributed by atoms with Gasteiger partial charge in [0.1, 0.15) is 0 Å². The summed E-state index contributed by atoms with van der Waals surface area (Å²) in [6.45, 7) is 3.18. The van der Waals surface area contributed by atoms with Gasteiger partial charge < -0.3 is 20.5 Å². The Balaban J connectivity index is 1.81. The second-order valence-corrected chi connectivity index (χ2v) is 5.44. The Labute approximate surface area is 125 Å². The average Bonchev–Trinajstić information content (AvgIpc) is 2.48. The molecule has 116 valence electrons. The summed E-state index contributed by atoms with van der Waals surface area (Å²) in [7, 11) is 0. The molecule has 1 fully saturated rings. The summed E-state index contributed by atoms with van der Waals surface area (Å²) < 4.78 is 5.36. The van der Waals surface area contributed by atoms with Crippen molar-refractivity contribution < 1.29 is 14.6 Å². The van der Waals surface area contributed by atoms with Crippen molar-refractivity contribution in [1.82, 2.24) is 5.32 Å². The molecule has 5 nitrogen and oxygen atoms in total. The number of carbonyl (C=O) groups is 1. The lowest BCUT2D eigenvalue weighted by molar-refractivity contribution is 0.118. The molecule has 0 heterocycles. The van der Waals surface area contributed by atoms with E-state index in [0.717, 1.165) is 36.9 Å². The number of urea groups is 1. The van der Waals surface area contributed by atoms with Gasteiger partial charge in [0.05, 0.1) is 12.7 Å². The van der Waals surface area contributed by atoms with E-state index >= 15 is 0 Å². The molecular formula is C16H24N2O3. The van der Waals surface area contributed by atoms with Crippen molar-refractivity contribution in [2.24, 2.45) is 0 Å². The number of hydrogen-bond donors (Lipinski definition) is 3. The Morgan fingerprint density at radius 1 is 1.33 bits per heavy atom. The zero-order chi connectivity index (χ0) is 15.1. The van der Waals surface area contributed by atoms with Gasteiger partial charge in [0.15, 0.2) is 0 Å². The van der Waals surface area contributed by atoms with Gasteiger partial charge in [-0.2, -0.15) is 0 Å². The molecule has 0 spiro atoms. The highest BCUT2D eigenvalue weighted by molar-refractivity contribution is 5.89. The molecule has 0 aromatic heterocycles. The van der Waals surface area contributed by atoms with Gasteiger partial charge in [0.2, 0.25) is 0 Å². The molecule has 0 radical (unpaired) electrons. The predicted octanol–water partition coefficient (Wildman–Crippen LogP) is 2.65. The van der Waals surface area contributed by atoms with E-state index in [4.69, 9.17) is 4.74 Å². The molecule has 0 bridgehead atoms. The second-order valence-electron chi connectivity index (χ2n) is 5.44. The lowest BCUT2D eigenvalue weighted by Gasteiger charge is -2.26. The molecule has 1 aromatic carbocycles. The van der Waals surface area contributed by atoms with E-state index < -0.39 is 0 Å². The van der Waals surface area contributed by atoms with Crippen LogP contribution in [-0.2, 0) is 11.3 Å². The zero-order valence-electron chi connectivity index (χ0n) is 12.5. The van der Waals surface area contributed by atoms with Crippen LogP contribution >= 0.6 is 0 Å². The Hall–Kier alpha value is -1.59. The summed E-state index contributed by atoms with van der Waals surface area (Å²) >= 11 is 0. The fourth-order valence-electron chi connectivity index (χ4n) is 2.53. The number of benzene rings is 1. The smallest absolute Gasteiger partial charge is 0.319 e. The lowest BCUT2D eigenvalue weighted by atomic mass is 9.93. The number of aliphatic hydroxyl groups excluding tert-OH is 1. The number of anilines is 1. The van der Waals surface area contributed by atoms with E-state index in [0.29, 0.717) is 13.2 Å². The fraction of sp³-hybridized carbons (Fsp3) is 0.562. The molecule has 3 N–H and O–H groups in total. The lowest BCUT2D eigenvalue weighted by Crippen LogP contribution is -2.40. The third-order valence-corrected chi connectivity index (χ3v) is 3.69. The number of carbonyl (C=O) groups excluding carboxylic acids is 1. The number of nitrogens with one attached hydrogen (secondary N) is 2. The van der Waals surface area contributed by atoms with Crippen LogP contribution < -0.4 is 10.6 Å². The highest BCUT2D eigenvalue weighted by atomic mass is 16.5. The first kappa shape index (κ1) is 15.8. The van der Waals surface area contributed by atoms with Crippen LogP contribution in [0.2, 0.25) is 0 Å². The molecule has 1 aliphatic rings. The number of aliphatic hydroxyl groups is 1. The van der Waals surface area contributed by atoms with Crippen LogP contribution in [0.5, 0.6) is 0 Å². The van der Waals surface area contributed by atoms with Crippen LogP contribution in [-0.4, -0.2) is 29.9 Å². The third-order valence-electron chi connectivity index (χ3n) is 3.69. The number of hydrogen-bond acceptors (Lipinski definition) is 3. The number of amides is 2. The van der Waals surface area contributed by atoms with Crippen molar-refractivity contribution in [3.05, 3.63) is 29.8 Å². The maximum absolute atomic E-state index is 12.0. The quantitative estimate of drug-likeness (QED) is 0.781. The van der Waals surface area contributed by atoms with E-state index in [1.165, 1.54) is 0 Å². The molecule has 5 heteroatoms. The van der Waals surface area contributed by atoms with Crippen molar-refractivity contribution in [2.45, 2.75) is 51.4 Å². The Kier molecular flexibility index (Phi) is 6.02.